The van der Waals surface area contributed by atoms with Crippen molar-refractivity contribution in [3.8, 4) is 11.1 Å². The highest BCUT2D eigenvalue weighted by Crippen LogP contribution is 2.44. The van der Waals surface area contributed by atoms with Gasteiger partial charge in [-0.1, -0.05) is 146 Å². The first-order chi connectivity index (χ1) is 20.7. The summed E-state index contributed by atoms with van der Waals surface area (Å²) >= 11 is 0. The predicted molar refractivity (Wildman–Crippen MR) is 179 cm³/mol. The molecule has 3 heteroatoms. The maximum absolute atomic E-state index is 15.0. The van der Waals surface area contributed by atoms with Gasteiger partial charge in [0.1, 0.15) is 0 Å². The topological polar surface area (TPSA) is 30.0 Å². The number of pyridine rings is 1. The van der Waals surface area contributed by atoms with E-state index in [1.54, 1.807) is 0 Å². The average molecular weight is 558 g/mol. The van der Waals surface area contributed by atoms with Gasteiger partial charge in [-0.25, -0.2) is 4.98 Å². The minimum atomic E-state index is -3.05. The lowest BCUT2D eigenvalue weighted by Crippen LogP contribution is -2.24. The van der Waals surface area contributed by atoms with Crippen LogP contribution in [0.1, 0.15) is 17.5 Å². The Morgan fingerprint density at radius 3 is 1.90 bits per heavy atom. The minimum absolute atomic E-state index is 0.833. The Balaban J connectivity index is 1.39. The fourth-order valence-corrected chi connectivity index (χ4v) is 9.19. The number of aromatic nitrogens is 1. The van der Waals surface area contributed by atoms with Crippen LogP contribution in [0, 0.1) is 0 Å². The standard InChI is InChI=1S/C39H28NOP/c41-42(30-13-3-1-4-14-30,31-15-5-2-6-16-31)32-23-19-29(20-24-32)37-35-25-21-27-11-7-9-17-33(27)38(35)40-39-34-18-10-8-12-28(34)22-26-36(37)39/h1-9,11-17,19-26H,10,18H2. The van der Waals surface area contributed by atoms with Gasteiger partial charge in [-0.2, -0.15) is 0 Å². The highest BCUT2D eigenvalue weighted by molar-refractivity contribution is 7.85. The summed E-state index contributed by atoms with van der Waals surface area (Å²) in [6.07, 6.45) is 6.50. The molecule has 1 aliphatic carbocycles. The van der Waals surface area contributed by atoms with E-state index >= 15 is 0 Å². The van der Waals surface area contributed by atoms with E-state index in [1.165, 1.54) is 22.1 Å². The van der Waals surface area contributed by atoms with Crippen LogP contribution in [0.25, 0.3) is 49.8 Å². The molecule has 0 radical (unpaired) electrons. The summed E-state index contributed by atoms with van der Waals surface area (Å²) in [5.41, 5.74) is 6.97. The van der Waals surface area contributed by atoms with Crippen LogP contribution >= 0.6 is 7.14 Å². The van der Waals surface area contributed by atoms with Gasteiger partial charge in [0.15, 0.2) is 7.14 Å². The van der Waals surface area contributed by atoms with Crippen molar-refractivity contribution < 1.29 is 4.57 Å². The fraction of sp³-hybridized carbons (Fsp3) is 0.0513. The van der Waals surface area contributed by atoms with E-state index in [9.17, 15) is 4.57 Å². The molecule has 0 saturated carbocycles. The smallest absolute Gasteiger partial charge is 0.171 e. The quantitative estimate of drug-likeness (QED) is 0.123. The second-order valence-electron chi connectivity index (χ2n) is 11.0. The molecule has 8 rings (SSSR count). The van der Waals surface area contributed by atoms with Crippen molar-refractivity contribution in [3.05, 3.63) is 151 Å². The molecule has 42 heavy (non-hydrogen) atoms. The van der Waals surface area contributed by atoms with E-state index < -0.39 is 7.14 Å². The molecule has 2 nitrogen and oxygen atoms in total. The maximum Gasteiger partial charge on any atom is 0.171 e. The molecule has 1 aliphatic rings. The van der Waals surface area contributed by atoms with Gasteiger partial charge in [0.25, 0.3) is 0 Å². The van der Waals surface area contributed by atoms with E-state index in [0.717, 1.165) is 61.5 Å². The lowest BCUT2D eigenvalue weighted by atomic mass is 9.89. The molecular weight excluding hydrogens is 529 g/mol. The van der Waals surface area contributed by atoms with Crippen molar-refractivity contribution in [2.75, 3.05) is 0 Å². The first kappa shape index (κ1) is 25.0. The van der Waals surface area contributed by atoms with E-state index in [2.05, 4.69) is 84.9 Å². The Kier molecular flexibility index (Phi) is 5.91. The molecule has 1 heterocycles. The van der Waals surface area contributed by atoms with Crippen LogP contribution in [-0.4, -0.2) is 4.98 Å². The molecule has 0 atom stereocenters. The zero-order valence-corrected chi connectivity index (χ0v) is 24.0. The number of rotatable bonds is 4. The van der Waals surface area contributed by atoms with Crippen LogP contribution in [-0.2, 0) is 11.0 Å². The summed E-state index contributed by atoms with van der Waals surface area (Å²) in [5, 5.41) is 7.17. The highest BCUT2D eigenvalue weighted by atomic mass is 31.2. The van der Waals surface area contributed by atoms with Crippen molar-refractivity contribution in [2.24, 2.45) is 0 Å². The van der Waals surface area contributed by atoms with Gasteiger partial charge in [0, 0.05) is 37.6 Å². The van der Waals surface area contributed by atoms with Crippen LogP contribution in [0.5, 0.6) is 0 Å². The normalized spacial score (nSPS) is 13.0. The summed E-state index contributed by atoms with van der Waals surface area (Å²) in [5.74, 6) is 0. The van der Waals surface area contributed by atoms with Crippen molar-refractivity contribution in [2.45, 2.75) is 12.8 Å². The van der Waals surface area contributed by atoms with Crippen molar-refractivity contribution in [1.29, 1.82) is 0 Å². The molecule has 0 saturated heterocycles. The third-order valence-electron chi connectivity index (χ3n) is 8.60. The van der Waals surface area contributed by atoms with Gasteiger partial charge < -0.3 is 4.57 Å². The molecule has 0 spiro atoms. The van der Waals surface area contributed by atoms with Crippen LogP contribution in [0.4, 0.5) is 0 Å². The lowest BCUT2D eigenvalue weighted by molar-refractivity contribution is 0.592. The lowest BCUT2D eigenvalue weighted by Gasteiger charge is -2.21. The number of nitrogens with zero attached hydrogens (tertiary/aromatic N) is 1. The molecule has 6 aromatic carbocycles. The molecule has 0 fully saturated rings. The third kappa shape index (κ3) is 3.87. The third-order valence-corrected chi connectivity index (χ3v) is 11.7. The molecule has 0 N–H and O–H groups in total. The van der Waals surface area contributed by atoms with Gasteiger partial charge in [0.05, 0.1) is 11.0 Å². The molecular formula is C39H28NOP. The van der Waals surface area contributed by atoms with Crippen LogP contribution in [0.2, 0.25) is 0 Å². The SMILES string of the molecule is O=P(c1ccccc1)(c1ccccc1)c1ccc(-c2c3ccc4c(c3nc3c2ccc2ccccc23)CCC=C4)cc1. The monoisotopic (exact) mass is 557 g/mol. The minimum Gasteiger partial charge on any atom is -0.309 e. The van der Waals surface area contributed by atoms with Crippen LogP contribution in [0.3, 0.4) is 0 Å². The van der Waals surface area contributed by atoms with Crippen molar-refractivity contribution >= 4 is 61.7 Å². The first-order valence-corrected chi connectivity index (χ1v) is 16.2. The summed E-state index contributed by atoms with van der Waals surface area (Å²) < 4.78 is 15.0. The van der Waals surface area contributed by atoms with Crippen molar-refractivity contribution in [3.63, 3.8) is 0 Å². The van der Waals surface area contributed by atoms with Crippen LogP contribution < -0.4 is 15.9 Å². The Morgan fingerprint density at radius 1 is 0.548 bits per heavy atom. The number of hydrogen-bond donors (Lipinski definition) is 0. The second-order valence-corrected chi connectivity index (χ2v) is 13.7. The van der Waals surface area contributed by atoms with Gasteiger partial charge in [-0.3, -0.25) is 0 Å². The molecule has 0 amide bonds. The Labute approximate surface area is 245 Å². The molecule has 7 aromatic rings. The van der Waals surface area contributed by atoms with E-state index in [-0.39, 0.29) is 0 Å². The molecule has 0 aliphatic heterocycles. The average Bonchev–Trinajstić information content (AvgIpc) is 3.07. The van der Waals surface area contributed by atoms with Crippen molar-refractivity contribution in [1.82, 2.24) is 4.98 Å². The first-order valence-electron chi connectivity index (χ1n) is 14.5. The summed E-state index contributed by atoms with van der Waals surface area (Å²) in [4.78, 5) is 5.36. The van der Waals surface area contributed by atoms with Gasteiger partial charge in [-0.05, 0) is 34.9 Å². The number of hydrogen-bond acceptors (Lipinski definition) is 2. The second kappa shape index (κ2) is 9.94. The summed E-state index contributed by atoms with van der Waals surface area (Å²) in [7, 11) is -3.05. The van der Waals surface area contributed by atoms with E-state index in [1.807, 2.05) is 60.7 Å². The number of allylic oxidation sites excluding steroid dienone is 1. The summed E-state index contributed by atoms with van der Waals surface area (Å²) in [6, 6.07) is 45.5. The summed E-state index contributed by atoms with van der Waals surface area (Å²) in [6.45, 7) is 0. The Bertz CT molecular complexity index is 2160. The zero-order valence-electron chi connectivity index (χ0n) is 23.1. The van der Waals surface area contributed by atoms with Gasteiger partial charge >= 0.3 is 0 Å². The molecule has 0 unspecified atom stereocenters. The highest BCUT2D eigenvalue weighted by Gasteiger charge is 2.29. The Hall–Kier alpha value is -4.78. The number of benzene rings is 6. The fourth-order valence-electron chi connectivity index (χ4n) is 6.54. The van der Waals surface area contributed by atoms with E-state index in [4.69, 9.17) is 4.98 Å². The maximum atomic E-state index is 15.0. The predicted octanol–water partition coefficient (Wildman–Crippen LogP) is 8.81. The zero-order chi connectivity index (χ0) is 28.1. The number of fused-ring (bicyclic) bond motifs is 6. The van der Waals surface area contributed by atoms with Gasteiger partial charge in [0.2, 0.25) is 0 Å². The molecule has 200 valence electrons. The molecule has 0 bridgehead atoms. The van der Waals surface area contributed by atoms with Gasteiger partial charge in [-0.15, -0.1) is 0 Å². The van der Waals surface area contributed by atoms with E-state index in [0.29, 0.717) is 0 Å². The largest absolute Gasteiger partial charge is 0.309 e. The Morgan fingerprint density at radius 2 is 1.17 bits per heavy atom. The van der Waals surface area contributed by atoms with Crippen LogP contribution in [0.15, 0.2) is 140 Å². The molecule has 1 aromatic heterocycles. The number of aryl methyl sites for hydroxylation is 1.